The Labute approximate surface area is 250 Å². The van der Waals surface area contributed by atoms with E-state index in [1.165, 1.54) is 66.3 Å². The molecule has 188 valence electrons. The van der Waals surface area contributed by atoms with E-state index in [4.69, 9.17) is 16.8 Å². The molecule has 1 aromatic heterocycles. The first kappa shape index (κ1) is 23.6. The summed E-state index contributed by atoms with van der Waals surface area (Å²) >= 11 is 7.39. The van der Waals surface area contributed by atoms with Gasteiger partial charge < -0.3 is 0 Å². The fourth-order valence-corrected chi connectivity index (χ4v) is 20.9. The molecule has 0 bridgehead atoms. The number of aromatic nitrogens is 1. The van der Waals surface area contributed by atoms with E-state index in [0.717, 1.165) is 11.2 Å². The van der Waals surface area contributed by atoms with Crippen LogP contribution in [-0.4, -0.2) is 34.9 Å². The number of hydrogen-bond donors (Lipinski definition) is 0. The Morgan fingerprint density at radius 1 is 0.500 bits per heavy atom. The van der Waals surface area contributed by atoms with Crippen molar-refractivity contribution in [3.05, 3.63) is 121 Å². The standard InChI is InChI=1S/C35H20NPSSe2/c38-37-29-15-22-8-1-3-10-24(22)17-31(29)39-33-19-26(28-14-13-21-7-5-6-12-27(21)36-28)20-34(35(33)37)40-32-18-25-11-4-2-9-23(25)16-30(32)37/h1-20H. The fourth-order valence-electron chi connectivity index (χ4n) is 6.10. The van der Waals surface area contributed by atoms with E-state index in [9.17, 15) is 0 Å². The van der Waals surface area contributed by atoms with Crippen molar-refractivity contribution in [3.8, 4) is 11.3 Å². The van der Waals surface area contributed by atoms with Gasteiger partial charge in [-0.3, -0.25) is 0 Å². The van der Waals surface area contributed by atoms with Crippen molar-refractivity contribution in [3.63, 3.8) is 0 Å². The van der Waals surface area contributed by atoms with Crippen LogP contribution in [0.1, 0.15) is 0 Å². The van der Waals surface area contributed by atoms with Gasteiger partial charge in [0, 0.05) is 0 Å². The van der Waals surface area contributed by atoms with Gasteiger partial charge in [0.15, 0.2) is 0 Å². The van der Waals surface area contributed by atoms with E-state index < -0.39 is 6.04 Å². The molecule has 0 aliphatic carbocycles. The van der Waals surface area contributed by atoms with Gasteiger partial charge in [-0.25, -0.2) is 0 Å². The second-order valence-electron chi connectivity index (χ2n) is 10.4. The summed E-state index contributed by atoms with van der Waals surface area (Å²) in [4.78, 5) is 5.09. The van der Waals surface area contributed by atoms with Crippen LogP contribution in [0.15, 0.2) is 121 Å². The number of hydrogen-bond acceptors (Lipinski definition) is 2. The first-order valence-corrected chi connectivity index (χ1v) is 19.5. The molecule has 1 nitrogen and oxygen atoms in total. The Morgan fingerprint density at radius 2 is 1.00 bits per heavy atom. The zero-order valence-electron chi connectivity index (χ0n) is 21.2. The van der Waals surface area contributed by atoms with Crippen molar-refractivity contribution in [2.75, 3.05) is 0 Å². The van der Waals surface area contributed by atoms with Crippen molar-refractivity contribution in [2.24, 2.45) is 0 Å². The molecule has 2 aliphatic heterocycles. The third-order valence-electron chi connectivity index (χ3n) is 8.02. The van der Waals surface area contributed by atoms with Crippen LogP contribution in [0.2, 0.25) is 0 Å². The normalized spacial score (nSPS) is 14.6. The van der Waals surface area contributed by atoms with Crippen molar-refractivity contribution >= 4 is 114 Å². The minimum atomic E-state index is -2.23. The minimum absolute atomic E-state index is 0.184. The average molecular weight is 676 g/mol. The van der Waals surface area contributed by atoms with Crippen LogP contribution in [-0.2, 0) is 11.8 Å². The molecule has 2 aliphatic rings. The Morgan fingerprint density at radius 3 is 1.57 bits per heavy atom. The number of fused-ring (bicyclic) bond motifs is 7. The molecule has 9 rings (SSSR count). The van der Waals surface area contributed by atoms with Gasteiger partial charge in [0.05, 0.1) is 0 Å². The van der Waals surface area contributed by atoms with Crippen LogP contribution in [0.25, 0.3) is 43.7 Å². The Kier molecular flexibility index (Phi) is 5.15. The van der Waals surface area contributed by atoms with Crippen LogP contribution in [0, 0.1) is 0 Å². The quantitative estimate of drug-likeness (QED) is 0.194. The zero-order valence-corrected chi connectivity index (χ0v) is 26.3. The molecule has 0 amide bonds. The number of para-hydroxylation sites is 1. The maximum atomic E-state index is 7.02. The molecular weight excluding hydrogens is 655 g/mol. The predicted octanol–water partition coefficient (Wildman–Crippen LogP) is 3.90. The molecule has 0 atom stereocenters. The molecule has 7 aromatic rings. The Balaban J connectivity index is 1.35. The Bertz CT molecular complexity index is 2160. The second-order valence-corrected chi connectivity index (χ2v) is 19.2. The molecule has 0 saturated heterocycles. The van der Waals surface area contributed by atoms with E-state index in [1.54, 1.807) is 0 Å². The molecule has 0 N–H and O–H groups in total. The SMILES string of the molecule is S=P12c3cc4ccccc4cc3[Se]c3cc(-c4ccc5ccccc5n4)cc(c31)[Se]c1cc3ccccc3cc12. The van der Waals surface area contributed by atoms with Crippen molar-refractivity contribution in [1.82, 2.24) is 4.98 Å². The molecule has 5 heteroatoms. The molecule has 0 radical (unpaired) electrons. The second kappa shape index (κ2) is 8.72. The van der Waals surface area contributed by atoms with Crippen LogP contribution in [0.5, 0.6) is 0 Å². The first-order chi connectivity index (χ1) is 19.6. The molecular formula is C35H20NPSSe2. The van der Waals surface area contributed by atoms with Gasteiger partial charge in [-0.15, -0.1) is 0 Å². The monoisotopic (exact) mass is 677 g/mol. The van der Waals surface area contributed by atoms with Gasteiger partial charge in [-0.2, -0.15) is 0 Å². The van der Waals surface area contributed by atoms with E-state index in [0.29, 0.717) is 0 Å². The Hall–Kier alpha value is -3.06. The predicted molar refractivity (Wildman–Crippen MR) is 178 cm³/mol. The van der Waals surface area contributed by atoms with E-state index in [2.05, 4.69) is 121 Å². The van der Waals surface area contributed by atoms with E-state index in [1.807, 2.05) is 0 Å². The van der Waals surface area contributed by atoms with Gasteiger partial charge >= 0.3 is 252 Å². The average Bonchev–Trinajstić information content (AvgIpc) is 2.99. The van der Waals surface area contributed by atoms with Gasteiger partial charge in [0.2, 0.25) is 0 Å². The maximum absolute atomic E-state index is 7.02. The third-order valence-corrected chi connectivity index (χ3v) is 18.9. The molecule has 0 unspecified atom stereocenters. The molecule has 0 fully saturated rings. The molecule has 6 aromatic carbocycles. The van der Waals surface area contributed by atoms with Crippen LogP contribution >= 0.6 is 6.04 Å². The van der Waals surface area contributed by atoms with E-state index in [-0.39, 0.29) is 29.9 Å². The number of rotatable bonds is 1. The number of benzene rings is 6. The summed E-state index contributed by atoms with van der Waals surface area (Å²) in [5.41, 5.74) is 3.31. The topological polar surface area (TPSA) is 12.9 Å². The van der Waals surface area contributed by atoms with Crippen molar-refractivity contribution < 1.29 is 0 Å². The fraction of sp³-hybridized carbons (Fsp3) is 0. The van der Waals surface area contributed by atoms with Crippen molar-refractivity contribution in [1.29, 1.82) is 0 Å². The van der Waals surface area contributed by atoms with Gasteiger partial charge in [-0.05, 0) is 0 Å². The van der Waals surface area contributed by atoms with Gasteiger partial charge in [0.1, 0.15) is 0 Å². The summed E-state index contributed by atoms with van der Waals surface area (Å²) < 4.78 is 5.82. The van der Waals surface area contributed by atoms with Crippen LogP contribution in [0.4, 0.5) is 0 Å². The van der Waals surface area contributed by atoms with Gasteiger partial charge in [-0.1, -0.05) is 0 Å². The van der Waals surface area contributed by atoms with Crippen LogP contribution < -0.4 is 33.8 Å². The number of pyridine rings is 1. The van der Waals surface area contributed by atoms with Crippen molar-refractivity contribution in [2.45, 2.75) is 0 Å². The summed E-state index contributed by atoms with van der Waals surface area (Å²) in [6.07, 6.45) is 0. The molecule has 0 saturated carbocycles. The zero-order chi connectivity index (χ0) is 26.4. The third kappa shape index (κ3) is 3.39. The summed E-state index contributed by atoms with van der Waals surface area (Å²) in [5, 5.41) is 10.7. The number of nitrogens with zero attached hydrogens (tertiary/aromatic N) is 1. The summed E-state index contributed by atoms with van der Waals surface area (Å²) in [6.45, 7) is 0. The summed E-state index contributed by atoms with van der Waals surface area (Å²) in [6, 6.07) is 42.7. The summed E-state index contributed by atoms with van der Waals surface area (Å²) in [7, 11) is 0. The van der Waals surface area contributed by atoms with Crippen LogP contribution in [0.3, 0.4) is 0 Å². The molecule has 0 spiro atoms. The van der Waals surface area contributed by atoms with Gasteiger partial charge in [0.25, 0.3) is 0 Å². The molecule has 40 heavy (non-hydrogen) atoms. The first-order valence-electron chi connectivity index (χ1n) is 13.2. The van der Waals surface area contributed by atoms with E-state index >= 15 is 0 Å². The summed E-state index contributed by atoms with van der Waals surface area (Å²) in [5.74, 6) is 0. The molecule has 3 heterocycles.